The van der Waals surface area contributed by atoms with Crippen LogP contribution < -0.4 is 4.74 Å². The van der Waals surface area contributed by atoms with Crippen molar-refractivity contribution in [2.45, 2.75) is 19.6 Å². The molecule has 0 fully saturated rings. The normalized spacial score (nSPS) is 12.6. The highest BCUT2D eigenvalue weighted by molar-refractivity contribution is 6.30. The minimum absolute atomic E-state index is 0.239. The van der Waals surface area contributed by atoms with Crippen LogP contribution in [0.25, 0.3) is 0 Å². The number of aliphatic hydroxyl groups excluding tert-OH is 1. The number of rotatable bonds is 7. The molecule has 1 atom stereocenters. The number of nitrogens with zero attached hydrogens (tertiary/aromatic N) is 1. The van der Waals surface area contributed by atoms with Crippen LogP contribution in [0, 0.1) is 6.92 Å². The second kappa shape index (κ2) is 7.50. The van der Waals surface area contributed by atoms with Crippen LogP contribution in [-0.2, 0) is 6.54 Å². The zero-order valence-corrected chi connectivity index (χ0v) is 13.0. The molecule has 1 heterocycles. The van der Waals surface area contributed by atoms with Crippen molar-refractivity contribution in [2.24, 2.45) is 0 Å². The number of likely N-dealkylation sites (N-methyl/N-ethyl adjacent to an activating group) is 1. The average molecular weight is 310 g/mol. The first-order valence-electron chi connectivity index (χ1n) is 6.83. The minimum Gasteiger partial charge on any atom is -0.491 e. The number of ether oxygens (including phenoxy) is 1. The maximum absolute atomic E-state index is 10.00. The number of benzene rings is 1. The van der Waals surface area contributed by atoms with E-state index in [1.54, 1.807) is 24.3 Å². The summed E-state index contributed by atoms with van der Waals surface area (Å²) in [5, 5.41) is 10.7. The molecule has 0 amide bonds. The highest BCUT2D eigenvalue weighted by Gasteiger charge is 2.11. The minimum atomic E-state index is -0.568. The van der Waals surface area contributed by atoms with Crippen LogP contribution in [-0.4, -0.2) is 36.3 Å². The second-order valence-electron chi connectivity index (χ2n) is 5.13. The van der Waals surface area contributed by atoms with Gasteiger partial charge in [-0.2, -0.15) is 0 Å². The van der Waals surface area contributed by atoms with Crippen molar-refractivity contribution in [2.75, 3.05) is 20.2 Å². The van der Waals surface area contributed by atoms with E-state index < -0.39 is 6.10 Å². The molecular formula is C16H20ClNO3. The smallest absolute Gasteiger partial charge is 0.119 e. The summed E-state index contributed by atoms with van der Waals surface area (Å²) in [4.78, 5) is 1.99. The third-order valence-electron chi connectivity index (χ3n) is 3.00. The maximum atomic E-state index is 10.00. The Morgan fingerprint density at radius 1 is 1.24 bits per heavy atom. The molecule has 0 bridgehead atoms. The molecule has 0 radical (unpaired) electrons. The number of furan rings is 1. The van der Waals surface area contributed by atoms with Gasteiger partial charge < -0.3 is 14.3 Å². The molecule has 0 aliphatic rings. The van der Waals surface area contributed by atoms with Crippen molar-refractivity contribution in [1.29, 1.82) is 0 Å². The van der Waals surface area contributed by atoms with Gasteiger partial charge in [-0.15, -0.1) is 0 Å². The zero-order chi connectivity index (χ0) is 15.2. The fourth-order valence-corrected chi connectivity index (χ4v) is 2.16. The van der Waals surface area contributed by atoms with Crippen LogP contribution in [0.5, 0.6) is 5.75 Å². The Morgan fingerprint density at radius 2 is 1.95 bits per heavy atom. The van der Waals surface area contributed by atoms with Crippen molar-refractivity contribution in [3.63, 3.8) is 0 Å². The van der Waals surface area contributed by atoms with E-state index in [1.165, 1.54) is 0 Å². The van der Waals surface area contributed by atoms with Crippen LogP contribution in [0.4, 0.5) is 0 Å². The molecular weight excluding hydrogens is 290 g/mol. The Balaban J connectivity index is 1.73. The van der Waals surface area contributed by atoms with Crippen LogP contribution >= 0.6 is 11.6 Å². The standard InChI is InChI=1S/C16H20ClNO3/c1-12-3-6-16(21-12)10-18(2)9-14(19)11-20-15-7-4-13(17)5-8-15/h3-8,14,19H,9-11H2,1-2H3/t14-/m0/s1. The first-order valence-corrected chi connectivity index (χ1v) is 7.21. The van der Waals surface area contributed by atoms with E-state index in [1.807, 2.05) is 31.0 Å². The first kappa shape index (κ1) is 15.9. The van der Waals surface area contributed by atoms with Gasteiger partial charge >= 0.3 is 0 Å². The average Bonchev–Trinajstić information content (AvgIpc) is 2.83. The largest absolute Gasteiger partial charge is 0.491 e. The van der Waals surface area contributed by atoms with Gasteiger partial charge in [-0.25, -0.2) is 0 Å². The van der Waals surface area contributed by atoms with Crippen LogP contribution in [0.2, 0.25) is 5.02 Å². The van der Waals surface area contributed by atoms with Crippen molar-refractivity contribution < 1.29 is 14.3 Å². The first-order chi connectivity index (χ1) is 10.0. The lowest BCUT2D eigenvalue weighted by molar-refractivity contribution is 0.0724. The monoisotopic (exact) mass is 309 g/mol. The quantitative estimate of drug-likeness (QED) is 0.853. The number of hydrogen-bond donors (Lipinski definition) is 1. The Labute approximate surface area is 129 Å². The van der Waals surface area contributed by atoms with Crippen LogP contribution in [0.1, 0.15) is 11.5 Å². The molecule has 5 heteroatoms. The highest BCUT2D eigenvalue weighted by atomic mass is 35.5. The Hall–Kier alpha value is -1.49. The molecule has 0 saturated carbocycles. The molecule has 21 heavy (non-hydrogen) atoms. The number of hydrogen-bond acceptors (Lipinski definition) is 4. The van der Waals surface area contributed by atoms with Gasteiger partial charge in [0.15, 0.2) is 0 Å². The topological polar surface area (TPSA) is 45.8 Å². The summed E-state index contributed by atoms with van der Waals surface area (Å²) in [6.07, 6.45) is -0.568. The molecule has 0 saturated heterocycles. The lowest BCUT2D eigenvalue weighted by Gasteiger charge is -2.19. The molecule has 2 rings (SSSR count). The lowest BCUT2D eigenvalue weighted by Crippen LogP contribution is -2.32. The molecule has 1 aromatic heterocycles. The van der Waals surface area contributed by atoms with Gasteiger partial charge in [0.05, 0.1) is 6.54 Å². The molecule has 4 nitrogen and oxygen atoms in total. The highest BCUT2D eigenvalue weighted by Crippen LogP contribution is 2.15. The van der Waals surface area contributed by atoms with Gasteiger partial charge in [-0.05, 0) is 50.4 Å². The SMILES string of the molecule is Cc1ccc(CN(C)C[C@H](O)COc2ccc(Cl)cc2)o1. The summed E-state index contributed by atoms with van der Waals surface area (Å²) in [6, 6.07) is 11.0. The van der Waals surface area contributed by atoms with Crippen LogP contribution in [0.15, 0.2) is 40.8 Å². The molecule has 0 unspecified atom stereocenters. The molecule has 0 aliphatic carbocycles. The summed E-state index contributed by atoms with van der Waals surface area (Å²) in [7, 11) is 1.93. The Kier molecular flexibility index (Phi) is 5.67. The van der Waals surface area contributed by atoms with E-state index in [9.17, 15) is 5.11 Å². The van der Waals surface area contributed by atoms with Crippen molar-refractivity contribution in [1.82, 2.24) is 4.90 Å². The second-order valence-corrected chi connectivity index (χ2v) is 5.56. The lowest BCUT2D eigenvalue weighted by atomic mass is 10.3. The van der Waals surface area contributed by atoms with Crippen molar-refractivity contribution in [3.8, 4) is 5.75 Å². The number of aliphatic hydroxyl groups is 1. The summed E-state index contributed by atoms with van der Waals surface area (Å²) in [5.41, 5.74) is 0. The fraction of sp³-hybridized carbons (Fsp3) is 0.375. The summed E-state index contributed by atoms with van der Waals surface area (Å²) >= 11 is 5.80. The summed E-state index contributed by atoms with van der Waals surface area (Å²) < 4.78 is 11.0. The van der Waals surface area contributed by atoms with Crippen molar-refractivity contribution >= 4 is 11.6 Å². The Morgan fingerprint density at radius 3 is 2.57 bits per heavy atom. The van der Waals surface area contributed by atoms with E-state index in [0.717, 1.165) is 11.5 Å². The van der Waals surface area contributed by atoms with Crippen LogP contribution in [0.3, 0.4) is 0 Å². The van der Waals surface area contributed by atoms with Gasteiger partial charge in [0.2, 0.25) is 0 Å². The number of aryl methyl sites for hydroxylation is 1. The molecule has 114 valence electrons. The fourth-order valence-electron chi connectivity index (χ4n) is 2.04. The summed E-state index contributed by atoms with van der Waals surface area (Å²) in [6.45, 7) is 3.32. The molecule has 1 aromatic carbocycles. The number of halogens is 1. The van der Waals surface area contributed by atoms with Gasteiger partial charge in [-0.1, -0.05) is 11.6 Å². The summed E-state index contributed by atoms with van der Waals surface area (Å²) in [5.74, 6) is 2.48. The van der Waals surface area contributed by atoms with Gasteiger partial charge in [0.1, 0.15) is 30.0 Å². The van der Waals surface area contributed by atoms with Gasteiger partial charge in [-0.3, -0.25) is 4.90 Å². The van der Waals surface area contributed by atoms with E-state index in [4.69, 9.17) is 20.8 Å². The predicted octanol–water partition coefficient (Wildman–Crippen LogP) is 3.11. The Bertz CT molecular complexity index is 553. The third-order valence-corrected chi connectivity index (χ3v) is 3.25. The zero-order valence-electron chi connectivity index (χ0n) is 12.3. The molecule has 2 aromatic rings. The molecule has 1 N–H and O–H groups in total. The molecule has 0 spiro atoms. The van der Waals surface area contributed by atoms with E-state index in [0.29, 0.717) is 23.9 Å². The van der Waals surface area contributed by atoms with Gasteiger partial charge in [0, 0.05) is 11.6 Å². The van der Waals surface area contributed by atoms with Crippen molar-refractivity contribution in [3.05, 3.63) is 52.9 Å². The van der Waals surface area contributed by atoms with E-state index in [-0.39, 0.29) is 6.61 Å². The van der Waals surface area contributed by atoms with Gasteiger partial charge in [0.25, 0.3) is 0 Å². The predicted molar refractivity (Wildman–Crippen MR) is 82.7 cm³/mol. The third kappa shape index (κ3) is 5.42. The molecule has 0 aliphatic heterocycles. The maximum Gasteiger partial charge on any atom is 0.119 e. The van der Waals surface area contributed by atoms with E-state index >= 15 is 0 Å². The van der Waals surface area contributed by atoms with E-state index in [2.05, 4.69) is 0 Å².